The van der Waals surface area contributed by atoms with Gasteiger partial charge in [0.25, 0.3) is 0 Å². The largest absolute Gasteiger partial charge is 0.493 e. The van der Waals surface area contributed by atoms with E-state index in [1.165, 1.54) is 5.56 Å². The van der Waals surface area contributed by atoms with Crippen LogP contribution < -0.4 is 20.1 Å². The van der Waals surface area contributed by atoms with E-state index >= 15 is 0 Å². The van der Waals surface area contributed by atoms with E-state index in [1.807, 2.05) is 36.7 Å². The highest BCUT2D eigenvalue weighted by molar-refractivity contribution is 14.0. The van der Waals surface area contributed by atoms with Gasteiger partial charge in [0.15, 0.2) is 17.5 Å². The summed E-state index contributed by atoms with van der Waals surface area (Å²) < 4.78 is 12.8. The molecule has 0 radical (unpaired) electrons. The Morgan fingerprint density at radius 3 is 2.53 bits per heavy atom. The fraction of sp³-hybridized carbons (Fsp3) is 0.273. The lowest BCUT2D eigenvalue weighted by molar-refractivity contribution is 0.355. The van der Waals surface area contributed by atoms with Crippen molar-refractivity contribution in [2.75, 3.05) is 33.1 Å². The summed E-state index contributed by atoms with van der Waals surface area (Å²) in [7, 11) is 4.98. The van der Waals surface area contributed by atoms with Gasteiger partial charge in [0.05, 0.1) is 14.2 Å². The zero-order valence-electron chi connectivity index (χ0n) is 17.5. The van der Waals surface area contributed by atoms with E-state index in [-0.39, 0.29) is 24.0 Å². The van der Waals surface area contributed by atoms with E-state index in [0.717, 1.165) is 24.5 Å². The van der Waals surface area contributed by atoms with Crippen molar-refractivity contribution in [2.24, 2.45) is 4.99 Å². The minimum atomic E-state index is 0. The highest BCUT2D eigenvalue weighted by Gasteiger charge is 2.07. The Kier molecular flexibility index (Phi) is 9.46. The molecule has 2 N–H and O–H groups in total. The number of ether oxygens (including phenoxy) is 2. The highest BCUT2D eigenvalue weighted by Crippen LogP contribution is 2.29. The molecule has 0 unspecified atom stereocenters. The molecule has 0 bridgehead atoms. The third-order valence-electron chi connectivity index (χ3n) is 4.51. The fourth-order valence-electron chi connectivity index (χ4n) is 3.01. The van der Waals surface area contributed by atoms with Gasteiger partial charge in [-0.05, 0) is 17.7 Å². The molecule has 3 aromatic rings. The van der Waals surface area contributed by atoms with Crippen molar-refractivity contribution in [2.45, 2.75) is 13.0 Å². The number of benzene rings is 2. The number of anilines is 1. The average molecular weight is 521 g/mol. The number of rotatable bonds is 8. The smallest absolute Gasteiger partial charge is 0.195 e. The zero-order valence-corrected chi connectivity index (χ0v) is 19.8. The number of aromatic nitrogens is 2. The quantitative estimate of drug-likeness (QED) is 0.268. The summed E-state index contributed by atoms with van der Waals surface area (Å²) in [6, 6.07) is 16.0. The molecule has 0 amide bonds. The number of nitrogens with one attached hydrogen (secondary N) is 2. The van der Waals surface area contributed by atoms with Crippen LogP contribution in [-0.2, 0) is 13.0 Å². The molecule has 0 aliphatic carbocycles. The van der Waals surface area contributed by atoms with Gasteiger partial charge in [-0.25, -0.2) is 4.98 Å². The molecule has 8 heteroatoms. The highest BCUT2D eigenvalue weighted by atomic mass is 127. The van der Waals surface area contributed by atoms with Gasteiger partial charge >= 0.3 is 0 Å². The van der Waals surface area contributed by atoms with Crippen molar-refractivity contribution < 1.29 is 9.47 Å². The summed E-state index contributed by atoms with van der Waals surface area (Å²) in [5.41, 5.74) is 2.12. The van der Waals surface area contributed by atoms with Gasteiger partial charge in [-0.2, -0.15) is 0 Å². The first kappa shape index (κ1) is 23.5. The summed E-state index contributed by atoms with van der Waals surface area (Å²) in [5, 5.41) is 6.59. The summed E-state index contributed by atoms with van der Waals surface area (Å²) in [6.45, 7) is 1.52. The fourth-order valence-corrected chi connectivity index (χ4v) is 3.01. The molecule has 0 saturated heterocycles. The Hall–Kier alpha value is -2.75. The second kappa shape index (κ2) is 12.1. The number of hydrogen-bond donors (Lipinski definition) is 2. The number of guanidine groups is 1. The lowest BCUT2D eigenvalue weighted by Gasteiger charge is -2.14. The van der Waals surface area contributed by atoms with Crippen molar-refractivity contribution in [3.05, 3.63) is 72.3 Å². The molecule has 0 aliphatic rings. The van der Waals surface area contributed by atoms with Gasteiger partial charge < -0.3 is 24.7 Å². The Balaban J connectivity index is 0.00000320. The van der Waals surface area contributed by atoms with Crippen molar-refractivity contribution in [1.29, 1.82) is 0 Å². The van der Waals surface area contributed by atoms with Crippen molar-refractivity contribution in [1.82, 2.24) is 14.9 Å². The van der Waals surface area contributed by atoms with Gasteiger partial charge in [-0.1, -0.05) is 30.3 Å². The molecule has 30 heavy (non-hydrogen) atoms. The molecule has 0 spiro atoms. The van der Waals surface area contributed by atoms with Gasteiger partial charge in [0.1, 0.15) is 5.82 Å². The second-order valence-electron chi connectivity index (χ2n) is 6.40. The van der Waals surface area contributed by atoms with Crippen LogP contribution in [0, 0.1) is 0 Å². The van der Waals surface area contributed by atoms with Crippen LogP contribution in [-0.4, -0.2) is 43.3 Å². The van der Waals surface area contributed by atoms with Crippen molar-refractivity contribution in [3.63, 3.8) is 0 Å². The molecule has 0 saturated carbocycles. The van der Waals surface area contributed by atoms with Crippen molar-refractivity contribution >= 4 is 35.6 Å². The first-order valence-corrected chi connectivity index (χ1v) is 9.47. The summed E-state index contributed by atoms with van der Waals surface area (Å²) in [4.78, 5) is 8.78. The minimum Gasteiger partial charge on any atom is -0.493 e. The lowest BCUT2D eigenvalue weighted by Crippen LogP contribution is -2.32. The topological polar surface area (TPSA) is 72.7 Å². The normalized spacial score (nSPS) is 10.8. The van der Waals surface area contributed by atoms with Crippen LogP contribution in [0.1, 0.15) is 11.4 Å². The standard InChI is InChI=1S/C22H27N5O2.HI/c1-23-22(26-18-9-10-19(28-2)20(15-18)29-3)25-12-11-21-24-13-14-27(21)16-17-7-5-4-6-8-17;/h4-10,13-15H,11-12,16H2,1-3H3,(H2,23,25,26);1H. The third-order valence-corrected chi connectivity index (χ3v) is 4.51. The molecule has 160 valence electrons. The number of halogens is 1. The van der Waals surface area contributed by atoms with Gasteiger partial charge in [-0.3, -0.25) is 4.99 Å². The maximum Gasteiger partial charge on any atom is 0.195 e. The molecule has 0 aliphatic heterocycles. The van der Waals surface area contributed by atoms with Crippen molar-refractivity contribution in [3.8, 4) is 11.5 Å². The van der Waals surface area contributed by atoms with Crippen LogP contribution in [0.25, 0.3) is 0 Å². The molecule has 0 atom stereocenters. The first-order chi connectivity index (χ1) is 14.2. The molecule has 3 rings (SSSR count). The van der Waals surface area contributed by atoms with Crippen LogP contribution in [0.2, 0.25) is 0 Å². The third kappa shape index (κ3) is 6.38. The van der Waals surface area contributed by atoms with Crippen LogP contribution in [0.3, 0.4) is 0 Å². The molecule has 7 nitrogen and oxygen atoms in total. The van der Waals surface area contributed by atoms with Crippen LogP contribution in [0.4, 0.5) is 5.69 Å². The number of methoxy groups -OCH3 is 2. The minimum absolute atomic E-state index is 0. The van der Waals surface area contributed by atoms with Gasteiger partial charge in [0.2, 0.25) is 0 Å². The summed E-state index contributed by atoms with van der Waals surface area (Å²) in [6.07, 6.45) is 4.64. The summed E-state index contributed by atoms with van der Waals surface area (Å²) >= 11 is 0. The predicted molar refractivity (Wildman–Crippen MR) is 131 cm³/mol. The summed E-state index contributed by atoms with van der Waals surface area (Å²) in [5.74, 6) is 3.06. The Bertz CT molecular complexity index is 944. The number of aliphatic imine (C=N–C) groups is 1. The van der Waals surface area contributed by atoms with E-state index in [9.17, 15) is 0 Å². The van der Waals surface area contributed by atoms with E-state index in [4.69, 9.17) is 9.47 Å². The molecular weight excluding hydrogens is 493 g/mol. The zero-order chi connectivity index (χ0) is 20.5. The van der Waals surface area contributed by atoms with Gasteiger partial charge in [0, 0.05) is 50.7 Å². The number of hydrogen-bond acceptors (Lipinski definition) is 4. The van der Waals surface area contributed by atoms with E-state index < -0.39 is 0 Å². The second-order valence-corrected chi connectivity index (χ2v) is 6.40. The van der Waals surface area contributed by atoms with Crippen LogP contribution in [0.5, 0.6) is 11.5 Å². The molecular formula is C22H28IN5O2. The first-order valence-electron chi connectivity index (χ1n) is 9.47. The maximum absolute atomic E-state index is 5.35. The Labute approximate surface area is 194 Å². The predicted octanol–water partition coefficient (Wildman–Crippen LogP) is 3.80. The SMILES string of the molecule is CN=C(NCCc1nccn1Cc1ccccc1)Nc1ccc(OC)c(OC)c1.I. The Morgan fingerprint density at radius 2 is 1.83 bits per heavy atom. The van der Waals surface area contributed by atoms with E-state index in [0.29, 0.717) is 24.0 Å². The van der Waals surface area contributed by atoms with Crippen LogP contribution >= 0.6 is 24.0 Å². The van der Waals surface area contributed by atoms with E-state index in [2.05, 4.69) is 49.4 Å². The molecule has 2 aromatic carbocycles. The van der Waals surface area contributed by atoms with Crippen LogP contribution in [0.15, 0.2) is 65.9 Å². The number of imidazole rings is 1. The molecule has 1 aromatic heterocycles. The lowest BCUT2D eigenvalue weighted by atomic mass is 10.2. The van der Waals surface area contributed by atoms with Gasteiger partial charge in [-0.15, -0.1) is 24.0 Å². The average Bonchev–Trinajstić information content (AvgIpc) is 3.20. The Morgan fingerprint density at radius 1 is 1.07 bits per heavy atom. The monoisotopic (exact) mass is 521 g/mol. The molecule has 0 fully saturated rings. The molecule has 1 heterocycles. The number of nitrogens with zero attached hydrogens (tertiary/aromatic N) is 3. The maximum atomic E-state index is 5.35. The van der Waals surface area contributed by atoms with E-state index in [1.54, 1.807) is 21.3 Å².